The van der Waals surface area contributed by atoms with Gasteiger partial charge in [-0.25, -0.2) is 4.98 Å². The number of H-pyrrole nitrogens is 1. The number of hydrogen-bond donors (Lipinski definition) is 2. The molecule has 2 aromatic rings. The number of hydrogen-bond acceptors (Lipinski definition) is 3. The van der Waals surface area contributed by atoms with Gasteiger partial charge in [-0.05, 0) is 18.7 Å². The maximum atomic E-state index is 5.17. The van der Waals surface area contributed by atoms with Crippen molar-refractivity contribution in [2.24, 2.45) is 0 Å². The summed E-state index contributed by atoms with van der Waals surface area (Å²) in [6, 6.07) is 5.87. The van der Waals surface area contributed by atoms with Gasteiger partial charge in [-0.3, -0.25) is 0 Å². The Bertz CT molecular complexity index is 464. The van der Waals surface area contributed by atoms with Crippen LogP contribution in [0.2, 0.25) is 0 Å². The van der Waals surface area contributed by atoms with Gasteiger partial charge in [0, 0.05) is 19.0 Å². The van der Waals surface area contributed by atoms with Gasteiger partial charge in [0.15, 0.2) is 0 Å². The van der Waals surface area contributed by atoms with Crippen LogP contribution in [-0.4, -0.2) is 30.2 Å². The standard InChI is InChI=1S/C12H17N3O/c1-3-13-7-6-12-14-10-5-4-9(16-2)8-11(10)15-12/h4-5,8,13H,3,6-7H2,1-2H3,(H,14,15). The zero-order valence-corrected chi connectivity index (χ0v) is 9.71. The van der Waals surface area contributed by atoms with Crippen molar-refractivity contribution >= 4 is 11.0 Å². The van der Waals surface area contributed by atoms with Gasteiger partial charge in [-0.15, -0.1) is 0 Å². The van der Waals surface area contributed by atoms with Crippen molar-refractivity contribution in [3.05, 3.63) is 24.0 Å². The number of likely N-dealkylation sites (N-methyl/N-ethyl adjacent to an activating group) is 1. The van der Waals surface area contributed by atoms with E-state index in [0.717, 1.165) is 42.1 Å². The van der Waals surface area contributed by atoms with Crippen molar-refractivity contribution in [3.8, 4) is 5.75 Å². The maximum Gasteiger partial charge on any atom is 0.121 e. The number of rotatable bonds is 5. The minimum Gasteiger partial charge on any atom is -0.497 e. The third-order valence-electron chi connectivity index (χ3n) is 2.53. The van der Waals surface area contributed by atoms with Crippen molar-refractivity contribution in [1.29, 1.82) is 0 Å². The molecule has 0 fully saturated rings. The number of benzene rings is 1. The van der Waals surface area contributed by atoms with E-state index in [0.29, 0.717) is 0 Å². The summed E-state index contributed by atoms with van der Waals surface area (Å²) in [4.78, 5) is 7.81. The first kappa shape index (κ1) is 11.0. The quantitative estimate of drug-likeness (QED) is 0.753. The summed E-state index contributed by atoms with van der Waals surface area (Å²) >= 11 is 0. The van der Waals surface area contributed by atoms with Crippen molar-refractivity contribution < 1.29 is 4.74 Å². The molecule has 4 heteroatoms. The first-order valence-electron chi connectivity index (χ1n) is 5.57. The summed E-state index contributed by atoms with van der Waals surface area (Å²) in [7, 11) is 1.67. The van der Waals surface area contributed by atoms with Crippen LogP contribution in [0.3, 0.4) is 0 Å². The molecule has 0 radical (unpaired) electrons. The molecule has 0 aliphatic carbocycles. The fourth-order valence-corrected chi connectivity index (χ4v) is 1.67. The monoisotopic (exact) mass is 219 g/mol. The van der Waals surface area contributed by atoms with Gasteiger partial charge in [0.2, 0.25) is 0 Å². The number of fused-ring (bicyclic) bond motifs is 1. The van der Waals surface area contributed by atoms with Crippen LogP contribution in [0.1, 0.15) is 12.7 Å². The highest BCUT2D eigenvalue weighted by Crippen LogP contribution is 2.18. The highest BCUT2D eigenvalue weighted by molar-refractivity contribution is 5.76. The van der Waals surface area contributed by atoms with E-state index < -0.39 is 0 Å². The Kier molecular flexibility index (Phi) is 3.41. The SMILES string of the molecule is CCNCCc1nc2ccc(OC)cc2[nH]1. The Labute approximate surface area is 95.0 Å². The molecule has 0 bridgehead atoms. The summed E-state index contributed by atoms with van der Waals surface area (Å²) in [5, 5.41) is 3.28. The number of imidazole rings is 1. The molecule has 16 heavy (non-hydrogen) atoms. The molecule has 0 spiro atoms. The van der Waals surface area contributed by atoms with Crippen molar-refractivity contribution in [2.75, 3.05) is 20.2 Å². The predicted molar refractivity (Wildman–Crippen MR) is 64.9 cm³/mol. The highest BCUT2D eigenvalue weighted by atomic mass is 16.5. The second-order valence-corrected chi connectivity index (χ2v) is 3.67. The first-order chi connectivity index (χ1) is 7.83. The van der Waals surface area contributed by atoms with Gasteiger partial charge >= 0.3 is 0 Å². The molecule has 0 aliphatic heterocycles. The molecule has 0 saturated carbocycles. The normalized spacial score (nSPS) is 10.9. The highest BCUT2D eigenvalue weighted by Gasteiger charge is 2.03. The summed E-state index contributed by atoms with van der Waals surface area (Å²) in [6.45, 7) is 4.05. The maximum absolute atomic E-state index is 5.17. The van der Waals surface area contributed by atoms with Crippen molar-refractivity contribution in [1.82, 2.24) is 15.3 Å². The third kappa shape index (κ3) is 2.33. The van der Waals surface area contributed by atoms with Crippen molar-refractivity contribution in [2.45, 2.75) is 13.3 Å². The Hall–Kier alpha value is -1.55. The van der Waals surface area contributed by atoms with Crippen LogP contribution in [-0.2, 0) is 6.42 Å². The summed E-state index contributed by atoms with van der Waals surface area (Å²) in [5.41, 5.74) is 2.03. The lowest BCUT2D eigenvalue weighted by molar-refractivity contribution is 0.415. The molecule has 2 rings (SSSR count). The molecule has 1 aromatic heterocycles. The Morgan fingerprint density at radius 2 is 2.31 bits per heavy atom. The number of aromatic amines is 1. The van der Waals surface area contributed by atoms with Crippen LogP contribution in [0, 0.1) is 0 Å². The predicted octanol–water partition coefficient (Wildman–Crippen LogP) is 1.72. The van der Waals surface area contributed by atoms with E-state index in [2.05, 4.69) is 22.2 Å². The Morgan fingerprint density at radius 1 is 1.44 bits per heavy atom. The van der Waals surface area contributed by atoms with Gasteiger partial charge in [0.1, 0.15) is 11.6 Å². The largest absolute Gasteiger partial charge is 0.497 e. The molecule has 2 N–H and O–H groups in total. The van der Waals surface area contributed by atoms with Crippen LogP contribution in [0.15, 0.2) is 18.2 Å². The summed E-state index contributed by atoms with van der Waals surface area (Å²) in [5.74, 6) is 1.87. The van der Waals surface area contributed by atoms with Crippen LogP contribution in [0.4, 0.5) is 0 Å². The number of nitrogens with zero attached hydrogens (tertiary/aromatic N) is 1. The minimum atomic E-state index is 0.856. The zero-order valence-electron chi connectivity index (χ0n) is 9.71. The molecule has 0 unspecified atom stereocenters. The molecule has 86 valence electrons. The first-order valence-corrected chi connectivity index (χ1v) is 5.57. The molecule has 1 aromatic carbocycles. The number of ether oxygens (including phenoxy) is 1. The molecular weight excluding hydrogens is 202 g/mol. The van der Waals surface area contributed by atoms with E-state index in [-0.39, 0.29) is 0 Å². The Balaban J connectivity index is 2.16. The lowest BCUT2D eigenvalue weighted by Gasteiger charge is -1.97. The van der Waals surface area contributed by atoms with E-state index >= 15 is 0 Å². The van der Waals surface area contributed by atoms with Crippen LogP contribution in [0.5, 0.6) is 5.75 Å². The number of aromatic nitrogens is 2. The van der Waals surface area contributed by atoms with Crippen LogP contribution in [0.25, 0.3) is 11.0 Å². The number of methoxy groups -OCH3 is 1. The lowest BCUT2D eigenvalue weighted by atomic mass is 10.3. The van der Waals surface area contributed by atoms with Crippen molar-refractivity contribution in [3.63, 3.8) is 0 Å². The van der Waals surface area contributed by atoms with Gasteiger partial charge in [0.25, 0.3) is 0 Å². The van der Waals surface area contributed by atoms with Gasteiger partial charge in [-0.2, -0.15) is 0 Å². The van der Waals surface area contributed by atoms with E-state index in [4.69, 9.17) is 4.74 Å². The molecule has 4 nitrogen and oxygen atoms in total. The molecule has 1 heterocycles. The average Bonchev–Trinajstić information content (AvgIpc) is 2.70. The average molecular weight is 219 g/mol. The van der Waals surface area contributed by atoms with Crippen LogP contribution < -0.4 is 10.1 Å². The van der Waals surface area contributed by atoms with E-state index in [1.807, 2.05) is 18.2 Å². The van der Waals surface area contributed by atoms with Gasteiger partial charge < -0.3 is 15.0 Å². The lowest BCUT2D eigenvalue weighted by Crippen LogP contribution is -2.16. The summed E-state index contributed by atoms with van der Waals surface area (Å²) in [6.07, 6.45) is 0.921. The van der Waals surface area contributed by atoms with E-state index in [1.54, 1.807) is 7.11 Å². The fourth-order valence-electron chi connectivity index (χ4n) is 1.67. The van der Waals surface area contributed by atoms with Crippen LogP contribution >= 0.6 is 0 Å². The second kappa shape index (κ2) is 4.99. The van der Waals surface area contributed by atoms with Gasteiger partial charge in [-0.1, -0.05) is 6.92 Å². The van der Waals surface area contributed by atoms with E-state index in [9.17, 15) is 0 Å². The molecule has 0 atom stereocenters. The Morgan fingerprint density at radius 3 is 3.06 bits per heavy atom. The molecule has 0 saturated heterocycles. The fraction of sp³-hybridized carbons (Fsp3) is 0.417. The molecule has 0 amide bonds. The topological polar surface area (TPSA) is 49.9 Å². The van der Waals surface area contributed by atoms with Gasteiger partial charge in [0.05, 0.1) is 18.1 Å². The third-order valence-corrected chi connectivity index (χ3v) is 2.53. The number of nitrogens with one attached hydrogen (secondary N) is 2. The zero-order chi connectivity index (χ0) is 11.4. The molecule has 0 aliphatic rings. The van der Waals surface area contributed by atoms with E-state index in [1.165, 1.54) is 0 Å². The minimum absolute atomic E-state index is 0.856. The summed E-state index contributed by atoms with van der Waals surface area (Å²) < 4.78 is 5.17. The molecular formula is C12H17N3O. The smallest absolute Gasteiger partial charge is 0.121 e. The second-order valence-electron chi connectivity index (χ2n) is 3.67.